The molecule has 0 radical (unpaired) electrons. The Morgan fingerprint density at radius 3 is 2.37 bits per heavy atom. The molecule has 0 saturated heterocycles. The van der Waals surface area contributed by atoms with E-state index in [2.05, 4.69) is 0 Å². The third kappa shape index (κ3) is 4.46. The summed E-state index contributed by atoms with van der Waals surface area (Å²) in [6, 6.07) is 5.75. The van der Waals surface area contributed by atoms with Crippen LogP contribution in [0.2, 0.25) is 0 Å². The second-order valence-electron chi connectivity index (χ2n) is 5.74. The minimum Gasteiger partial charge on any atom is -0.459 e. The number of ether oxygens (including phenoxy) is 1. The molecule has 2 atom stereocenters. The van der Waals surface area contributed by atoms with Gasteiger partial charge in [-0.1, -0.05) is 12.1 Å². The predicted molar refractivity (Wildman–Crippen MR) is 77.6 cm³/mol. The Bertz CT molecular complexity index is 501. The van der Waals surface area contributed by atoms with Crippen molar-refractivity contribution in [3.63, 3.8) is 0 Å². The summed E-state index contributed by atoms with van der Waals surface area (Å²) in [5, 5.41) is -0.667. The summed E-state index contributed by atoms with van der Waals surface area (Å²) in [4.78, 5) is 12.7. The van der Waals surface area contributed by atoms with Crippen LogP contribution in [0.3, 0.4) is 0 Å². The van der Waals surface area contributed by atoms with Crippen molar-refractivity contribution in [3.05, 3.63) is 29.3 Å². The number of carbonyl (C=O) groups is 1. The standard InChI is InChI=1S/C15H22O3S/c1-10-7-8-11(2)13(9-10)19(17)12(3)14(16)18-15(4,5)6/h7-9,12H,1-6H3. The van der Waals surface area contributed by atoms with Gasteiger partial charge in [-0.15, -0.1) is 0 Å². The number of hydrogen-bond acceptors (Lipinski definition) is 3. The second kappa shape index (κ2) is 5.87. The zero-order chi connectivity index (χ0) is 14.8. The fraction of sp³-hybridized carbons (Fsp3) is 0.533. The average Bonchev–Trinajstić information content (AvgIpc) is 2.28. The molecule has 0 amide bonds. The van der Waals surface area contributed by atoms with Gasteiger partial charge in [0.05, 0.1) is 10.8 Å². The van der Waals surface area contributed by atoms with Crippen molar-refractivity contribution in [1.29, 1.82) is 0 Å². The lowest BCUT2D eigenvalue weighted by atomic mass is 10.2. The summed E-state index contributed by atoms with van der Waals surface area (Å²) >= 11 is 0. The van der Waals surface area contributed by atoms with Gasteiger partial charge >= 0.3 is 5.97 Å². The predicted octanol–water partition coefficient (Wildman–Crippen LogP) is 3.14. The van der Waals surface area contributed by atoms with Crippen molar-refractivity contribution in [1.82, 2.24) is 0 Å². The molecule has 0 heterocycles. The lowest BCUT2D eigenvalue weighted by molar-refractivity contribution is -0.153. The summed E-state index contributed by atoms with van der Waals surface area (Å²) in [6.07, 6.45) is 0. The van der Waals surface area contributed by atoms with Crippen LogP contribution in [0.15, 0.2) is 23.1 Å². The van der Waals surface area contributed by atoms with Crippen molar-refractivity contribution in [2.24, 2.45) is 0 Å². The van der Waals surface area contributed by atoms with Gasteiger partial charge in [-0.05, 0) is 58.7 Å². The molecule has 0 saturated carbocycles. The summed E-state index contributed by atoms with van der Waals surface area (Å²) in [6.45, 7) is 10.9. The van der Waals surface area contributed by atoms with Crippen LogP contribution in [0.25, 0.3) is 0 Å². The van der Waals surface area contributed by atoms with E-state index in [9.17, 15) is 9.00 Å². The Labute approximate surface area is 117 Å². The number of hydrogen-bond donors (Lipinski definition) is 0. The van der Waals surface area contributed by atoms with E-state index in [0.29, 0.717) is 4.90 Å². The van der Waals surface area contributed by atoms with Crippen molar-refractivity contribution in [3.8, 4) is 0 Å². The maximum atomic E-state index is 12.5. The van der Waals surface area contributed by atoms with Crippen molar-refractivity contribution in [2.45, 2.75) is 57.3 Å². The molecule has 2 unspecified atom stereocenters. The van der Waals surface area contributed by atoms with E-state index in [1.165, 1.54) is 0 Å². The van der Waals surface area contributed by atoms with Crippen LogP contribution in [-0.4, -0.2) is 21.0 Å². The zero-order valence-corrected chi connectivity index (χ0v) is 13.3. The molecule has 0 N–H and O–H groups in total. The Balaban J connectivity index is 2.94. The molecule has 1 aromatic rings. The maximum absolute atomic E-state index is 12.5. The highest BCUT2D eigenvalue weighted by atomic mass is 32.2. The Morgan fingerprint density at radius 1 is 1.26 bits per heavy atom. The lowest BCUT2D eigenvalue weighted by Gasteiger charge is -2.22. The smallest absolute Gasteiger partial charge is 0.322 e. The van der Waals surface area contributed by atoms with Crippen LogP contribution in [0.5, 0.6) is 0 Å². The highest BCUT2D eigenvalue weighted by Gasteiger charge is 2.27. The van der Waals surface area contributed by atoms with E-state index in [-0.39, 0.29) is 0 Å². The minimum atomic E-state index is -1.39. The third-order valence-electron chi connectivity index (χ3n) is 2.62. The van der Waals surface area contributed by atoms with Gasteiger partial charge < -0.3 is 4.74 Å². The van der Waals surface area contributed by atoms with Crippen molar-refractivity contribution >= 4 is 16.8 Å². The topological polar surface area (TPSA) is 43.4 Å². The Hall–Kier alpha value is -1.16. The van der Waals surface area contributed by atoms with Crippen LogP contribution < -0.4 is 0 Å². The molecule has 106 valence electrons. The molecule has 0 fully saturated rings. The van der Waals surface area contributed by atoms with E-state index >= 15 is 0 Å². The summed E-state index contributed by atoms with van der Waals surface area (Å²) in [5.41, 5.74) is 1.40. The number of aryl methyl sites for hydroxylation is 2. The fourth-order valence-electron chi connectivity index (χ4n) is 1.59. The van der Waals surface area contributed by atoms with E-state index in [0.717, 1.165) is 11.1 Å². The van der Waals surface area contributed by atoms with Gasteiger partial charge in [0.2, 0.25) is 0 Å². The molecule has 1 rings (SSSR count). The number of benzene rings is 1. The van der Waals surface area contributed by atoms with Crippen LogP contribution in [0.1, 0.15) is 38.8 Å². The van der Waals surface area contributed by atoms with Crippen molar-refractivity contribution < 1.29 is 13.7 Å². The quantitative estimate of drug-likeness (QED) is 0.800. The summed E-state index contributed by atoms with van der Waals surface area (Å²) in [5.74, 6) is -0.424. The molecule has 0 bridgehead atoms. The minimum absolute atomic E-state index is 0.424. The van der Waals surface area contributed by atoms with Gasteiger partial charge in [0.25, 0.3) is 0 Å². The molecule has 0 aromatic heterocycles. The molecule has 4 heteroatoms. The normalized spacial score (nSPS) is 14.8. The van der Waals surface area contributed by atoms with E-state index < -0.39 is 27.6 Å². The zero-order valence-electron chi connectivity index (χ0n) is 12.4. The second-order valence-corrected chi connectivity index (χ2v) is 7.48. The largest absolute Gasteiger partial charge is 0.459 e. The Morgan fingerprint density at radius 2 is 1.84 bits per heavy atom. The van der Waals surface area contributed by atoms with Crippen LogP contribution >= 0.6 is 0 Å². The molecule has 0 aliphatic carbocycles. The number of esters is 1. The average molecular weight is 282 g/mol. The van der Waals surface area contributed by atoms with Crippen LogP contribution in [0, 0.1) is 13.8 Å². The van der Waals surface area contributed by atoms with E-state index in [1.807, 2.05) is 32.0 Å². The van der Waals surface area contributed by atoms with Gasteiger partial charge in [-0.2, -0.15) is 0 Å². The van der Waals surface area contributed by atoms with Gasteiger partial charge in [-0.3, -0.25) is 9.00 Å². The van der Waals surface area contributed by atoms with Crippen molar-refractivity contribution in [2.75, 3.05) is 0 Å². The van der Waals surface area contributed by atoms with E-state index in [1.54, 1.807) is 27.7 Å². The molecule has 0 aliphatic heterocycles. The summed E-state index contributed by atoms with van der Waals surface area (Å²) < 4.78 is 17.7. The fourth-order valence-corrected chi connectivity index (χ4v) is 2.88. The monoisotopic (exact) mass is 282 g/mol. The molecule has 3 nitrogen and oxygen atoms in total. The highest BCUT2D eigenvalue weighted by molar-refractivity contribution is 7.86. The molecular formula is C15H22O3S. The Kier molecular flexibility index (Phi) is 4.91. The SMILES string of the molecule is Cc1ccc(C)c(S(=O)C(C)C(=O)OC(C)(C)C)c1. The maximum Gasteiger partial charge on any atom is 0.322 e. The van der Waals surface area contributed by atoms with E-state index in [4.69, 9.17) is 4.74 Å². The third-order valence-corrected chi connectivity index (χ3v) is 4.33. The van der Waals surface area contributed by atoms with Gasteiger partial charge in [0.1, 0.15) is 10.9 Å². The first-order valence-corrected chi connectivity index (χ1v) is 7.54. The van der Waals surface area contributed by atoms with Crippen LogP contribution in [-0.2, 0) is 20.3 Å². The van der Waals surface area contributed by atoms with Crippen LogP contribution in [0.4, 0.5) is 0 Å². The number of rotatable bonds is 3. The van der Waals surface area contributed by atoms with Gasteiger partial charge in [0.15, 0.2) is 0 Å². The van der Waals surface area contributed by atoms with Gasteiger partial charge in [0, 0.05) is 4.90 Å². The lowest BCUT2D eigenvalue weighted by Crippen LogP contribution is -2.32. The molecule has 0 aliphatic rings. The highest BCUT2D eigenvalue weighted by Crippen LogP contribution is 2.20. The summed E-state index contributed by atoms with van der Waals surface area (Å²) in [7, 11) is -1.39. The first-order valence-electron chi connectivity index (χ1n) is 6.32. The first kappa shape index (κ1) is 15.9. The molecule has 19 heavy (non-hydrogen) atoms. The molecular weight excluding hydrogens is 260 g/mol. The number of carbonyl (C=O) groups excluding carboxylic acids is 1. The first-order chi connectivity index (χ1) is 8.61. The molecule has 0 spiro atoms. The van der Waals surface area contributed by atoms with Gasteiger partial charge in [-0.25, -0.2) is 0 Å². The molecule has 1 aromatic carbocycles.